The van der Waals surface area contributed by atoms with Crippen LogP contribution in [0.5, 0.6) is 0 Å². The highest BCUT2D eigenvalue weighted by molar-refractivity contribution is 5.50. The topological polar surface area (TPSA) is 29.3 Å². The molecule has 0 amide bonds. The third-order valence-corrected chi connectivity index (χ3v) is 4.80. The number of nitrogens with zero attached hydrogens (tertiary/aromatic N) is 1. The van der Waals surface area contributed by atoms with E-state index in [1.165, 1.54) is 30.6 Å². The van der Waals surface area contributed by atoms with Crippen LogP contribution in [0.4, 0.5) is 5.69 Å². The molecule has 1 aromatic rings. The van der Waals surface area contributed by atoms with Gasteiger partial charge in [0.15, 0.2) is 0 Å². The molecule has 1 heterocycles. The zero-order valence-electron chi connectivity index (χ0n) is 12.7. The van der Waals surface area contributed by atoms with Crippen LogP contribution in [0.3, 0.4) is 0 Å². The minimum Gasteiger partial charge on any atom is -0.366 e. The molecule has 2 rings (SSSR count). The third-order valence-electron chi connectivity index (χ3n) is 4.80. The molecule has 0 aromatic heterocycles. The smallest absolute Gasteiger partial charge is 0.0374 e. The van der Waals surface area contributed by atoms with Crippen LogP contribution >= 0.6 is 0 Å². The lowest BCUT2D eigenvalue weighted by Crippen LogP contribution is -2.54. The maximum atomic E-state index is 5.78. The number of hydrogen-bond acceptors (Lipinski definition) is 2. The van der Waals surface area contributed by atoms with E-state index in [4.69, 9.17) is 5.73 Å². The van der Waals surface area contributed by atoms with E-state index in [2.05, 4.69) is 49.9 Å². The minimum atomic E-state index is 0.214. The van der Waals surface area contributed by atoms with E-state index in [-0.39, 0.29) is 5.54 Å². The second kappa shape index (κ2) is 5.96. The Morgan fingerprint density at radius 3 is 2.53 bits per heavy atom. The van der Waals surface area contributed by atoms with Gasteiger partial charge in [-0.2, -0.15) is 0 Å². The van der Waals surface area contributed by atoms with E-state index < -0.39 is 0 Å². The van der Waals surface area contributed by atoms with Crippen molar-refractivity contribution in [2.75, 3.05) is 18.0 Å². The molecule has 0 aliphatic carbocycles. The van der Waals surface area contributed by atoms with Gasteiger partial charge in [-0.25, -0.2) is 0 Å². The van der Waals surface area contributed by atoms with Crippen LogP contribution in [0, 0.1) is 5.92 Å². The van der Waals surface area contributed by atoms with Crippen molar-refractivity contribution in [2.45, 2.75) is 52.0 Å². The van der Waals surface area contributed by atoms with Crippen molar-refractivity contribution in [2.24, 2.45) is 11.7 Å². The molecule has 19 heavy (non-hydrogen) atoms. The van der Waals surface area contributed by atoms with Gasteiger partial charge in [0.1, 0.15) is 0 Å². The van der Waals surface area contributed by atoms with Crippen molar-refractivity contribution in [1.29, 1.82) is 0 Å². The van der Waals surface area contributed by atoms with Crippen molar-refractivity contribution in [3.8, 4) is 0 Å². The van der Waals surface area contributed by atoms with Gasteiger partial charge < -0.3 is 10.6 Å². The van der Waals surface area contributed by atoms with Crippen LogP contribution < -0.4 is 10.6 Å². The molecule has 2 heteroatoms. The average molecular weight is 260 g/mol. The van der Waals surface area contributed by atoms with E-state index in [0.29, 0.717) is 5.92 Å². The summed E-state index contributed by atoms with van der Waals surface area (Å²) < 4.78 is 0. The summed E-state index contributed by atoms with van der Waals surface area (Å²) in [5, 5.41) is 0. The zero-order chi connectivity index (χ0) is 13.9. The molecule has 1 atom stereocenters. The molecule has 106 valence electrons. The van der Waals surface area contributed by atoms with E-state index >= 15 is 0 Å². The Balaban J connectivity index is 2.21. The third kappa shape index (κ3) is 2.94. The van der Waals surface area contributed by atoms with Crippen molar-refractivity contribution in [3.05, 3.63) is 29.8 Å². The summed E-state index contributed by atoms with van der Waals surface area (Å²) in [7, 11) is 0. The first-order valence-electron chi connectivity index (χ1n) is 7.66. The molecule has 0 spiro atoms. The lowest BCUT2D eigenvalue weighted by Gasteiger charge is -2.49. The van der Waals surface area contributed by atoms with E-state index in [0.717, 1.165) is 19.4 Å². The SMILES string of the molecule is CCc1ccc(N2CCCC(CCN)C2(C)C)cc1. The van der Waals surface area contributed by atoms with Gasteiger partial charge in [0, 0.05) is 17.8 Å². The van der Waals surface area contributed by atoms with E-state index in [9.17, 15) is 0 Å². The Morgan fingerprint density at radius 2 is 1.95 bits per heavy atom. The first-order valence-corrected chi connectivity index (χ1v) is 7.66. The Hall–Kier alpha value is -1.02. The first-order chi connectivity index (χ1) is 9.09. The summed E-state index contributed by atoms with van der Waals surface area (Å²) in [6, 6.07) is 9.09. The first kappa shape index (κ1) is 14.4. The number of rotatable bonds is 4. The molecule has 1 saturated heterocycles. The lowest BCUT2D eigenvalue weighted by atomic mass is 9.77. The van der Waals surface area contributed by atoms with Crippen LogP contribution in [-0.2, 0) is 6.42 Å². The molecule has 0 bridgehead atoms. The molecule has 1 fully saturated rings. The Labute approximate surface area is 118 Å². The zero-order valence-corrected chi connectivity index (χ0v) is 12.7. The second-order valence-corrected chi connectivity index (χ2v) is 6.24. The van der Waals surface area contributed by atoms with Gasteiger partial charge in [-0.1, -0.05) is 19.1 Å². The fraction of sp³-hybridized carbons (Fsp3) is 0.647. The number of aryl methyl sites for hydroxylation is 1. The largest absolute Gasteiger partial charge is 0.366 e. The van der Waals surface area contributed by atoms with Crippen LogP contribution in [-0.4, -0.2) is 18.6 Å². The highest BCUT2D eigenvalue weighted by Crippen LogP contribution is 2.38. The van der Waals surface area contributed by atoms with Gasteiger partial charge in [-0.15, -0.1) is 0 Å². The predicted molar refractivity (Wildman–Crippen MR) is 83.6 cm³/mol. The highest BCUT2D eigenvalue weighted by Gasteiger charge is 2.37. The standard InChI is InChI=1S/C17H28N2/c1-4-14-7-9-16(10-8-14)19-13-5-6-15(11-12-18)17(19,2)3/h7-10,15H,4-6,11-13,18H2,1-3H3. The van der Waals surface area contributed by atoms with Crippen molar-refractivity contribution < 1.29 is 0 Å². The van der Waals surface area contributed by atoms with Crippen LogP contribution in [0.2, 0.25) is 0 Å². The molecular weight excluding hydrogens is 232 g/mol. The molecule has 0 saturated carbocycles. The van der Waals surface area contributed by atoms with Crippen LogP contribution in [0.25, 0.3) is 0 Å². The van der Waals surface area contributed by atoms with Crippen LogP contribution in [0.1, 0.15) is 45.6 Å². The van der Waals surface area contributed by atoms with Gasteiger partial charge >= 0.3 is 0 Å². The predicted octanol–water partition coefficient (Wildman–Crippen LogP) is 3.59. The van der Waals surface area contributed by atoms with E-state index in [1.807, 2.05) is 0 Å². The molecule has 2 N–H and O–H groups in total. The number of nitrogens with two attached hydrogens (primary N) is 1. The summed E-state index contributed by atoms with van der Waals surface area (Å²) in [6.45, 7) is 8.92. The van der Waals surface area contributed by atoms with Crippen molar-refractivity contribution in [1.82, 2.24) is 0 Å². The van der Waals surface area contributed by atoms with Crippen molar-refractivity contribution >= 4 is 5.69 Å². The Kier molecular flexibility index (Phi) is 4.51. The Morgan fingerprint density at radius 1 is 1.26 bits per heavy atom. The number of benzene rings is 1. The summed E-state index contributed by atoms with van der Waals surface area (Å²) in [5.41, 5.74) is 8.78. The number of piperidine rings is 1. The minimum absolute atomic E-state index is 0.214. The summed E-state index contributed by atoms with van der Waals surface area (Å²) in [6.07, 6.45) is 4.84. The Bertz CT molecular complexity index is 392. The number of hydrogen-bond donors (Lipinski definition) is 1. The molecule has 1 aliphatic rings. The quantitative estimate of drug-likeness (QED) is 0.896. The molecule has 1 unspecified atom stereocenters. The second-order valence-electron chi connectivity index (χ2n) is 6.24. The molecule has 0 radical (unpaired) electrons. The fourth-order valence-corrected chi connectivity index (χ4v) is 3.43. The highest BCUT2D eigenvalue weighted by atomic mass is 15.2. The lowest BCUT2D eigenvalue weighted by molar-refractivity contribution is 0.227. The molecular formula is C17H28N2. The van der Waals surface area contributed by atoms with Gasteiger partial charge in [0.05, 0.1) is 0 Å². The van der Waals surface area contributed by atoms with Crippen LogP contribution in [0.15, 0.2) is 24.3 Å². The number of anilines is 1. The maximum absolute atomic E-state index is 5.78. The maximum Gasteiger partial charge on any atom is 0.0374 e. The van der Waals surface area contributed by atoms with Gasteiger partial charge in [0.25, 0.3) is 0 Å². The molecule has 1 aliphatic heterocycles. The molecule has 2 nitrogen and oxygen atoms in total. The summed E-state index contributed by atoms with van der Waals surface area (Å²) in [4.78, 5) is 2.58. The fourth-order valence-electron chi connectivity index (χ4n) is 3.43. The monoisotopic (exact) mass is 260 g/mol. The normalized spacial score (nSPS) is 22.5. The summed E-state index contributed by atoms with van der Waals surface area (Å²) in [5.74, 6) is 0.706. The average Bonchev–Trinajstić information content (AvgIpc) is 2.41. The van der Waals surface area contributed by atoms with Gasteiger partial charge in [-0.3, -0.25) is 0 Å². The van der Waals surface area contributed by atoms with Crippen molar-refractivity contribution in [3.63, 3.8) is 0 Å². The van der Waals surface area contributed by atoms with Gasteiger partial charge in [0.2, 0.25) is 0 Å². The summed E-state index contributed by atoms with van der Waals surface area (Å²) >= 11 is 0. The van der Waals surface area contributed by atoms with E-state index in [1.54, 1.807) is 0 Å². The van der Waals surface area contributed by atoms with Gasteiger partial charge in [-0.05, 0) is 69.7 Å². The molecule has 1 aromatic carbocycles.